The van der Waals surface area contributed by atoms with E-state index in [1.54, 1.807) is 0 Å². The van der Waals surface area contributed by atoms with Gasteiger partial charge in [-0.3, -0.25) is 10.1 Å². The molecule has 0 aliphatic heterocycles. The van der Waals surface area contributed by atoms with Crippen molar-refractivity contribution in [2.45, 2.75) is 37.4 Å². The summed E-state index contributed by atoms with van der Waals surface area (Å²) >= 11 is 0. The average Bonchev–Trinajstić information content (AvgIpc) is 2.82. The van der Waals surface area contributed by atoms with E-state index in [1.807, 2.05) is 0 Å². The average molecular weight is 304 g/mol. The third-order valence-electron chi connectivity index (χ3n) is 3.60. The molecule has 1 aliphatic rings. The fraction of sp³-hybridized carbons (Fsp3) is 0.538. The van der Waals surface area contributed by atoms with Gasteiger partial charge in [-0.25, -0.2) is 0 Å². The lowest BCUT2D eigenvalue weighted by Crippen LogP contribution is -2.42. The third-order valence-corrected chi connectivity index (χ3v) is 3.60. The maximum Gasteiger partial charge on any atom is 0.416 e. The van der Waals surface area contributed by atoms with E-state index in [1.165, 1.54) is 0 Å². The smallest absolute Gasteiger partial charge is 0.416 e. The second-order valence-electron chi connectivity index (χ2n) is 5.30. The molecule has 0 atom stereocenters. The molecule has 1 aromatic carbocycles. The van der Waals surface area contributed by atoms with Gasteiger partial charge in [0.2, 0.25) is 0 Å². The highest BCUT2D eigenvalue weighted by molar-refractivity contribution is 5.49. The minimum absolute atomic E-state index is 0.0548. The third kappa shape index (κ3) is 3.63. The monoisotopic (exact) mass is 304 g/mol. The highest BCUT2D eigenvalue weighted by Gasteiger charge is 2.34. The molecule has 1 aromatic rings. The quantitative estimate of drug-likeness (QED) is 0.684. The van der Waals surface area contributed by atoms with E-state index in [0.29, 0.717) is 6.07 Å². The van der Waals surface area contributed by atoms with Crippen LogP contribution in [0.5, 0.6) is 5.75 Å². The summed E-state index contributed by atoms with van der Waals surface area (Å²) < 4.78 is 43.0. The van der Waals surface area contributed by atoms with Crippen LogP contribution in [0.4, 0.5) is 18.9 Å². The van der Waals surface area contributed by atoms with E-state index in [0.717, 1.165) is 37.8 Å². The van der Waals surface area contributed by atoms with Gasteiger partial charge in [0.05, 0.1) is 16.0 Å². The predicted octanol–water partition coefficient (Wildman–Crippen LogP) is 3.26. The molecule has 0 bridgehead atoms. The largest absolute Gasteiger partial charge is 0.485 e. The summed E-state index contributed by atoms with van der Waals surface area (Å²) in [6, 6.07) is 2.21. The zero-order valence-corrected chi connectivity index (χ0v) is 11.2. The fourth-order valence-electron chi connectivity index (χ4n) is 2.40. The number of nitro groups is 1. The molecule has 1 saturated carbocycles. The van der Waals surface area contributed by atoms with E-state index in [-0.39, 0.29) is 12.4 Å². The lowest BCUT2D eigenvalue weighted by Gasteiger charge is -2.23. The van der Waals surface area contributed by atoms with Gasteiger partial charge in [0.15, 0.2) is 5.75 Å². The van der Waals surface area contributed by atoms with Crippen molar-refractivity contribution in [2.75, 3.05) is 6.61 Å². The Kier molecular flexibility index (Phi) is 4.08. The van der Waals surface area contributed by atoms with Crippen molar-refractivity contribution in [3.8, 4) is 5.75 Å². The lowest BCUT2D eigenvalue weighted by molar-refractivity contribution is -0.386. The summed E-state index contributed by atoms with van der Waals surface area (Å²) in [5.74, 6) is -0.190. The summed E-state index contributed by atoms with van der Waals surface area (Å²) in [6.45, 7) is 0.0548. The second kappa shape index (κ2) is 5.51. The highest BCUT2D eigenvalue weighted by Crippen LogP contribution is 2.37. The van der Waals surface area contributed by atoms with Gasteiger partial charge in [0.25, 0.3) is 0 Å². The first kappa shape index (κ1) is 15.6. The van der Waals surface area contributed by atoms with Crippen LogP contribution in [0.3, 0.4) is 0 Å². The lowest BCUT2D eigenvalue weighted by atomic mass is 10.0. The van der Waals surface area contributed by atoms with Crippen molar-refractivity contribution in [1.82, 2.24) is 0 Å². The Bertz CT molecular complexity index is 540. The van der Waals surface area contributed by atoms with Crippen molar-refractivity contribution in [2.24, 2.45) is 5.73 Å². The van der Waals surface area contributed by atoms with Crippen LogP contribution in [0, 0.1) is 10.1 Å². The zero-order valence-electron chi connectivity index (χ0n) is 11.2. The van der Waals surface area contributed by atoms with Gasteiger partial charge in [-0.2, -0.15) is 13.2 Å². The maximum absolute atomic E-state index is 12.6. The van der Waals surface area contributed by atoms with Crippen molar-refractivity contribution < 1.29 is 22.8 Å². The number of hydrogen-bond acceptors (Lipinski definition) is 4. The van der Waals surface area contributed by atoms with E-state index in [2.05, 4.69) is 0 Å². The van der Waals surface area contributed by atoms with Gasteiger partial charge in [-0.15, -0.1) is 0 Å². The molecule has 0 amide bonds. The molecule has 21 heavy (non-hydrogen) atoms. The van der Waals surface area contributed by atoms with Crippen LogP contribution in [0.15, 0.2) is 18.2 Å². The minimum atomic E-state index is -4.64. The van der Waals surface area contributed by atoms with Crippen LogP contribution in [-0.4, -0.2) is 17.1 Å². The minimum Gasteiger partial charge on any atom is -0.485 e. The molecule has 0 spiro atoms. The van der Waals surface area contributed by atoms with E-state index in [9.17, 15) is 23.3 Å². The molecule has 0 heterocycles. The molecule has 2 N–H and O–H groups in total. The van der Waals surface area contributed by atoms with Crippen molar-refractivity contribution in [3.63, 3.8) is 0 Å². The molecule has 0 aromatic heterocycles. The number of halogens is 3. The van der Waals surface area contributed by atoms with E-state index >= 15 is 0 Å². The van der Waals surface area contributed by atoms with Crippen LogP contribution in [0.1, 0.15) is 31.2 Å². The van der Waals surface area contributed by atoms with Crippen LogP contribution in [-0.2, 0) is 6.18 Å². The van der Waals surface area contributed by atoms with Crippen LogP contribution < -0.4 is 10.5 Å². The standard InChI is InChI=1S/C13H15F3N2O3/c14-13(15,16)9-3-4-11(10(7-9)18(19)20)21-8-12(17)5-1-2-6-12/h3-4,7H,1-2,5-6,8,17H2. The number of alkyl halides is 3. The van der Waals surface area contributed by atoms with Gasteiger partial charge < -0.3 is 10.5 Å². The van der Waals surface area contributed by atoms with E-state index < -0.39 is 27.9 Å². The van der Waals surface area contributed by atoms with Crippen LogP contribution in [0.2, 0.25) is 0 Å². The topological polar surface area (TPSA) is 78.4 Å². The molecule has 0 saturated heterocycles. The Labute approximate surface area is 119 Å². The Morgan fingerprint density at radius 1 is 1.33 bits per heavy atom. The Morgan fingerprint density at radius 2 is 1.95 bits per heavy atom. The molecule has 8 heteroatoms. The predicted molar refractivity (Wildman–Crippen MR) is 69.0 cm³/mol. The van der Waals surface area contributed by atoms with Gasteiger partial charge in [0.1, 0.15) is 6.61 Å². The number of nitrogens with zero attached hydrogens (tertiary/aromatic N) is 1. The first-order chi connectivity index (χ1) is 9.71. The highest BCUT2D eigenvalue weighted by atomic mass is 19.4. The molecular formula is C13H15F3N2O3. The molecule has 116 valence electrons. The van der Waals surface area contributed by atoms with Gasteiger partial charge >= 0.3 is 11.9 Å². The Balaban J connectivity index is 2.21. The summed E-state index contributed by atoms with van der Waals surface area (Å²) in [5, 5.41) is 10.9. The number of nitro benzene ring substituents is 1. The number of rotatable bonds is 4. The van der Waals surface area contributed by atoms with Crippen molar-refractivity contribution in [3.05, 3.63) is 33.9 Å². The Hall–Kier alpha value is -1.83. The molecular weight excluding hydrogens is 289 g/mol. The van der Waals surface area contributed by atoms with Gasteiger partial charge in [0, 0.05) is 6.07 Å². The number of hydrogen-bond donors (Lipinski definition) is 1. The number of benzene rings is 1. The first-order valence-corrected chi connectivity index (χ1v) is 6.49. The molecule has 2 rings (SSSR count). The summed E-state index contributed by atoms with van der Waals surface area (Å²) in [6.07, 6.45) is -1.25. The Morgan fingerprint density at radius 3 is 2.48 bits per heavy atom. The van der Waals surface area contributed by atoms with Crippen LogP contribution >= 0.6 is 0 Å². The fourth-order valence-corrected chi connectivity index (χ4v) is 2.40. The first-order valence-electron chi connectivity index (χ1n) is 6.49. The molecule has 1 fully saturated rings. The maximum atomic E-state index is 12.6. The summed E-state index contributed by atoms with van der Waals surface area (Å²) in [4.78, 5) is 10.0. The van der Waals surface area contributed by atoms with Crippen molar-refractivity contribution >= 4 is 5.69 Å². The number of nitrogens with two attached hydrogens (primary N) is 1. The molecule has 1 aliphatic carbocycles. The van der Waals surface area contributed by atoms with Gasteiger partial charge in [-0.1, -0.05) is 12.8 Å². The summed E-state index contributed by atoms with van der Waals surface area (Å²) in [7, 11) is 0. The van der Waals surface area contributed by atoms with Crippen LogP contribution in [0.25, 0.3) is 0 Å². The zero-order chi connectivity index (χ0) is 15.7. The molecule has 0 unspecified atom stereocenters. The van der Waals surface area contributed by atoms with Gasteiger partial charge in [-0.05, 0) is 25.0 Å². The number of ether oxygens (including phenoxy) is 1. The molecule has 5 nitrogen and oxygen atoms in total. The van der Waals surface area contributed by atoms with Crippen molar-refractivity contribution in [1.29, 1.82) is 0 Å². The molecule has 0 radical (unpaired) electrons. The normalized spacial score (nSPS) is 17.7. The second-order valence-corrected chi connectivity index (χ2v) is 5.30. The SMILES string of the molecule is NC1(COc2ccc(C(F)(F)F)cc2[N+](=O)[O-])CCCC1. The summed E-state index contributed by atoms with van der Waals surface area (Å²) in [5.41, 5.74) is 3.72. The van der Waals surface area contributed by atoms with E-state index in [4.69, 9.17) is 10.5 Å².